The van der Waals surface area contributed by atoms with Gasteiger partial charge in [-0.25, -0.2) is 9.97 Å². The van der Waals surface area contributed by atoms with Gasteiger partial charge in [0.15, 0.2) is 5.82 Å². The molecule has 0 amide bonds. The normalized spacial score (nSPS) is 19.8. The van der Waals surface area contributed by atoms with Gasteiger partial charge in [0.2, 0.25) is 0 Å². The Morgan fingerprint density at radius 3 is 2.19 bits per heavy atom. The standard InChI is InChI=1S/C24H34N2O/c1-3-5-7-19-8-10-20(11-9-19)18-27-23-14-12-22(13-15-23)24-25-16-21(6-4-2)17-26-24/h12-17,19-20H,3-11,18H2,1-2H3/t19-,20-. The van der Waals surface area contributed by atoms with Crippen molar-refractivity contribution in [3.63, 3.8) is 0 Å². The maximum absolute atomic E-state index is 6.06. The number of rotatable bonds is 9. The average Bonchev–Trinajstić information content (AvgIpc) is 2.73. The van der Waals surface area contributed by atoms with Crippen LogP contribution in [0.15, 0.2) is 36.7 Å². The number of unbranched alkanes of at least 4 members (excludes halogenated alkanes) is 1. The molecule has 0 spiro atoms. The van der Waals surface area contributed by atoms with Crippen LogP contribution in [0.25, 0.3) is 11.4 Å². The summed E-state index contributed by atoms with van der Waals surface area (Å²) in [5.74, 6) is 3.42. The van der Waals surface area contributed by atoms with Crippen LogP contribution >= 0.6 is 0 Å². The lowest BCUT2D eigenvalue weighted by molar-refractivity contribution is 0.178. The van der Waals surface area contributed by atoms with E-state index in [0.29, 0.717) is 0 Å². The second kappa shape index (κ2) is 10.4. The minimum atomic E-state index is 0.719. The van der Waals surface area contributed by atoms with Gasteiger partial charge in [-0.15, -0.1) is 0 Å². The Labute approximate surface area is 164 Å². The van der Waals surface area contributed by atoms with Gasteiger partial charge in [-0.2, -0.15) is 0 Å². The SMILES string of the molecule is CCCC[C@H]1CC[C@H](COc2ccc(-c3ncc(CCC)cn3)cc2)CC1. The van der Waals surface area contributed by atoms with E-state index in [1.54, 1.807) is 0 Å². The predicted octanol–water partition coefficient (Wildman–Crippen LogP) is 6.47. The highest BCUT2D eigenvalue weighted by Crippen LogP contribution is 2.32. The van der Waals surface area contributed by atoms with Crippen molar-refractivity contribution in [3.05, 3.63) is 42.2 Å². The molecule has 1 fully saturated rings. The molecule has 1 aromatic carbocycles. The predicted molar refractivity (Wildman–Crippen MR) is 112 cm³/mol. The van der Waals surface area contributed by atoms with E-state index in [4.69, 9.17) is 4.74 Å². The van der Waals surface area contributed by atoms with Crippen LogP contribution in [0.5, 0.6) is 5.75 Å². The monoisotopic (exact) mass is 366 g/mol. The molecule has 27 heavy (non-hydrogen) atoms. The zero-order chi connectivity index (χ0) is 18.9. The highest BCUT2D eigenvalue weighted by molar-refractivity contribution is 5.55. The van der Waals surface area contributed by atoms with Crippen molar-refractivity contribution in [3.8, 4) is 17.1 Å². The summed E-state index contributed by atoms with van der Waals surface area (Å²) in [6, 6.07) is 8.22. The van der Waals surface area contributed by atoms with E-state index in [1.165, 1.54) is 50.5 Å². The minimum Gasteiger partial charge on any atom is -0.493 e. The number of hydrogen-bond donors (Lipinski definition) is 0. The number of benzene rings is 1. The van der Waals surface area contributed by atoms with Crippen molar-refractivity contribution in [1.29, 1.82) is 0 Å². The summed E-state index contributed by atoms with van der Waals surface area (Å²) >= 11 is 0. The first kappa shape index (κ1) is 19.9. The number of nitrogens with zero attached hydrogens (tertiary/aromatic N) is 2. The smallest absolute Gasteiger partial charge is 0.159 e. The fraction of sp³-hybridized carbons (Fsp3) is 0.583. The number of aromatic nitrogens is 2. The quantitative estimate of drug-likeness (QED) is 0.510. The van der Waals surface area contributed by atoms with Crippen molar-refractivity contribution in [1.82, 2.24) is 9.97 Å². The molecule has 2 aromatic rings. The third kappa shape index (κ3) is 6.05. The maximum atomic E-state index is 6.06. The van der Waals surface area contributed by atoms with E-state index < -0.39 is 0 Å². The summed E-state index contributed by atoms with van der Waals surface area (Å²) in [6.45, 7) is 5.31. The van der Waals surface area contributed by atoms with Crippen LogP contribution in [-0.2, 0) is 6.42 Å². The summed E-state index contributed by atoms with van der Waals surface area (Å²) in [4.78, 5) is 8.99. The molecule has 3 nitrogen and oxygen atoms in total. The summed E-state index contributed by atoms with van der Waals surface area (Å²) in [5.41, 5.74) is 2.24. The molecular weight excluding hydrogens is 332 g/mol. The summed E-state index contributed by atoms with van der Waals surface area (Å²) in [5, 5.41) is 0. The lowest BCUT2D eigenvalue weighted by atomic mass is 9.80. The van der Waals surface area contributed by atoms with Gasteiger partial charge in [-0.05, 0) is 60.9 Å². The molecule has 0 bridgehead atoms. The van der Waals surface area contributed by atoms with Crippen LogP contribution in [0, 0.1) is 11.8 Å². The first-order valence-corrected chi connectivity index (χ1v) is 10.8. The van der Waals surface area contributed by atoms with Crippen molar-refractivity contribution in [2.45, 2.75) is 71.6 Å². The Morgan fingerprint density at radius 2 is 1.56 bits per heavy atom. The van der Waals surface area contributed by atoms with Gasteiger partial charge in [0.05, 0.1) is 6.61 Å². The third-order valence-corrected chi connectivity index (χ3v) is 5.77. The van der Waals surface area contributed by atoms with Gasteiger partial charge in [0.25, 0.3) is 0 Å². The van der Waals surface area contributed by atoms with Crippen LogP contribution < -0.4 is 4.74 Å². The van der Waals surface area contributed by atoms with Crippen LogP contribution in [0.3, 0.4) is 0 Å². The molecule has 1 heterocycles. The van der Waals surface area contributed by atoms with Crippen molar-refractivity contribution < 1.29 is 4.74 Å². The largest absolute Gasteiger partial charge is 0.493 e. The molecule has 0 unspecified atom stereocenters. The fourth-order valence-electron chi connectivity index (χ4n) is 4.02. The zero-order valence-electron chi connectivity index (χ0n) is 17.0. The highest BCUT2D eigenvalue weighted by atomic mass is 16.5. The molecule has 1 aliphatic carbocycles. The number of aryl methyl sites for hydroxylation is 1. The van der Waals surface area contributed by atoms with Gasteiger partial charge >= 0.3 is 0 Å². The minimum absolute atomic E-state index is 0.719. The van der Waals surface area contributed by atoms with Gasteiger partial charge < -0.3 is 4.74 Å². The highest BCUT2D eigenvalue weighted by Gasteiger charge is 2.21. The van der Waals surface area contributed by atoms with Crippen LogP contribution in [0.2, 0.25) is 0 Å². The van der Waals surface area contributed by atoms with Gasteiger partial charge in [0, 0.05) is 18.0 Å². The molecule has 0 atom stereocenters. The Hall–Kier alpha value is -1.90. The Bertz CT molecular complexity index is 658. The molecule has 1 saturated carbocycles. The van der Waals surface area contributed by atoms with E-state index in [0.717, 1.165) is 48.4 Å². The second-order valence-corrected chi connectivity index (χ2v) is 8.03. The Morgan fingerprint density at radius 1 is 0.889 bits per heavy atom. The lowest BCUT2D eigenvalue weighted by Crippen LogP contribution is -2.20. The average molecular weight is 367 g/mol. The first-order valence-electron chi connectivity index (χ1n) is 10.8. The van der Waals surface area contributed by atoms with Crippen molar-refractivity contribution >= 4 is 0 Å². The van der Waals surface area contributed by atoms with Gasteiger partial charge in [0.1, 0.15) is 5.75 Å². The van der Waals surface area contributed by atoms with Crippen LogP contribution in [-0.4, -0.2) is 16.6 Å². The molecule has 1 aromatic heterocycles. The van der Waals surface area contributed by atoms with Crippen LogP contribution in [0.4, 0.5) is 0 Å². The zero-order valence-corrected chi connectivity index (χ0v) is 17.0. The van der Waals surface area contributed by atoms with Crippen molar-refractivity contribution in [2.75, 3.05) is 6.61 Å². The van der Waals surface area contributed by atoms with Crippen molar-refractivity contribution in [2.24, 2.45) is 11.8 Å². The molecule has 0 saturated heterocycles. The summed E-state index contributed by atoms with van der Waals surface area (Å²) in [7, 11) is 0. The topological polar surface area (TPSA) is 35.0 Å². The van der Waals surface area contributed by atoms with E-state index >= 15 is 0 Å². The molecular formula is C24H34N2O. The molecule has 1 aliphatic rings. The van der Waals surface area contributed by atoms with E-state index in [-0.39, 0.29) is 0 Å². The molecule has 3 rings (SSSR count). The molecule has 3 heteroatoms. The lowest BCUT2D eigenvalue weighted by Gasteiger charge is -2.28. The van der Waals surface area contributed by atoms with E-state index in [1.807, 2.05) is 24.5 Å². The molecule has 0 radical (unpaired) electrons. The molecule has 0 aliphatic heterocycles. The Kier molecular flexibility index (Phi) is 7.67. The van der Waals surface area contributed by atoms with Crippen LogP contribution in [0.1, 0.15) is 70.8 Å². The second-order valence-electron chi connectivity index (χ2n) is 8.03. The number of ether oxygens (including phenoxy) is 1. The number of hydrogen-bond acceptors (Lipinski definition) is 3. The van der Waals surface area contributed by atoms with E-state index in [9.17, 15) is 0 Å². The van der Waals surface area contributed by atoms with Gasteiger partial charge in [-0.3, -0.25) is 0 Å². The first-order chi connectivity index (χ1) is 13.3. The molecule has 0 N–H and O–H groups in total. The summed E-state index contributed by atoms with van der Waals surface area (Å²) in [6.07, 6.45) is 15.6. The molecule has 146 valence electrons. The Balaban J connectivity index is 1.45. The van der Waals surface area contributed by atoms with E-state index in [2.05, 4.69) is 35.9 Å². The maximum Gasteiger partial charge on any atom is 0.159 e. The third-order valence-electron chi connectivity index (χ3n) is 5.77. The van der Waals surface area contributed by atoms with Gasteiger partial charge in [-0.1, -0.05) is 52.4 Å². The fourth-order valence-corrected chi connectivity index (χ4v) is 4.02. The summed E-state index contributed by atoms with van der Waals surface area (Å²) < 4.78 is 6.06.